The maximum absolute atomic E-state index is 12.0. The van der Waals surface area contributed by atoms with Crippen molar-refractivity contribution in [3.63, 3.8) is 0 Å². The van der Waals surface area contributed by atoms with E-state index < -0.39 is 0 Å². The molecule has 0 aliphatic rings. The number of nitrogens with zero attached hydrogens (tertiary/aromatic N) is 2. The van der Waals surface area contributed by atoms with Gasteiger partial charge in [0.05, 0.1) is 7.11 Å². The molecule has 30 heavy (non-hydrogen) atoms. The molecule has 0 heterocycles. The van der Waals surface area contributed by atoms with Gasteiger partial charge in [-0.15, -0.1) is 0 Å². The van der Waals surface area contributed by atoms with Crippen LogP contribution in [0.25, 0.3) is 0 Å². The van der Waals surface area contributed by atoms with E-state index in [2.05, 4.69) is 53.7 Å². The van der Waals surface area contributed by atoms with Gasteiger partial charge in [0.25, 0.3) is 0 Å². The van der Waals surface area contributed by atoms with E-state index in [9.17, 15) is 4.79 Å². The molecule has 0 radical (unpaired) electrons. The molecule has 0 atom stereocenters. The van der Waals surface area contributed by atoms with Crippen molar-refractivity contribution in [1.82, 2.24) is 15.5 Å². The van der Waals surface area contributed by atoms with Gasteiger partial charge in [-0.1, -0.05) is 56.3 Å². The van der Waals surface area contributed by atoms with Crippen molar-refractivity contribution in [2.45, 2.75) is 25.7 Å². The molecule has 0 spiro atoms. The van der Waals surface area contributed by atoms with E-state index >= 15 is 0 Å². The summed E-state index contributed by atoms with van der Waals surface area (Å²) in [7, 11) is 5.15. The SMILES string of the molecule is COc1cccc(C(C)(C)CNC(=NCC(=O)N(C)C)NCCc2ccccc2)c1. The molecule has 0 saturated heterocycles. The topological polar surface area (TPSA) is 66.0 Å². The van der Waals surface area contributed by atoms with Crippen LogP contribution in [0.3, 0.4) is 0 Å². The predicted molar refractivity (Wildman–Crippen MR) is 123 cm³/mol. The second kappa shape index (κ2) is 11.2. The summed E-state index contributed by atoms with van der Waals surface area (Å²) in [6, 6.07) is 18.4. The number of likely N-dealkylation sites (N-methyl/N-ethyl adjacent to an activating group) is 1. The molecule has 0 aromatic heterocycles. The summed E-state index contributed by atoms with van der Waals surface area (Å²) in [6.45, 7) is 5.83. The first-order valence-electron chi connectivity index (χ1n) is 10.2. The summed E-state index contributed by atoms with van der Waals surface area (Å²) in [5, 5.41) is 6.76. The Morgan fingerprint density at radius 3 is 2.47 bits per heavy atom. The summed E-state index contributed by atoms with van der Waals surface area (Å²) in [4.78, 5) is 18.0. The molecule has 0 fully saturated rings. The highest BCUT2D eigenvalue weighted by Crippen LogP contribution is 2.25. The van der Waals surface area contributed by atoms with Crippen LogP contribution < -0.4 is 15.4 Å². The Morgan fingerprint density at radius 2 is 1.80 bits per heavy atom. The van der Waals surface area contributed by atoms with Crippen LogP contribution in [0.5, 0.6) is 5.75 Å². The second-order valence-corrected chi connectivity index (χ2v) is 8.08. The number of guanidine groups is 1. The number of benzene rings is 2. The fraction of sp³-hybridized carbons (Fsp3) is 0.417. The molecule has 2 N–H and O–H groups in total. The van der Waals surface area contributed by atoms with Crippen LogP contribution in [0.4, 0.5) is 0 Å². The van der Waals surface area contributed by atoms with E-state index in [1.54, 1.807) is 26.1 Å². The number of amides is 1. The third-order valence-electron chi connectivity index (χ3n) is 4.97. The monoisotopic (exact) mass is 410 g/mol. The maximum atomic E-state index is 12.0. The molecule has 162 valence electrons. The second-order valence-electron chi connectivity index (χ2n) is 8.08. The van der Waals surface area contributed by atoms with Gasteiger partial charge in [-0.05, 0) is 29.7 Å². The van der Waals surface area contributed by atoms with Crippen LogP contribution >= 0.6 is 0 Å². The first kappa shape index (κ1) is 23.3. The van der Waals surface area contributed by atoms with E-state index in [-0.39, 0.29) is 17.9 Å². The molecule has 1 amide bonds. The van der Waals surface area contributed by atoms with Crippen LogP contribution in [0, 0.1) is 0 Å². The highest BCUT2D eigenvalue weighted by atomic mass is 16.5. The number of carbonyl (C=O) groups is 1. The van der Waals surface area contributed by atoms with Gasteiger partial charge in [0.2, 0.25) is 5.91 Å². The molecule has 2 aromatic carbocycles. The van der Waals surface area contributed by atoms with Crippen molar-refractivity contribution >= 4 is 11.9 Å². The zero-order valence-electron chi connectivity index (χ0n) is 18.7. The average Bonchev–Trinajstić information content (AvgIpc) is 2.75. The van der Waals surface area contributed by atoms with E-state index in [4.69, 9.17) is 4.74 Å². The zero-order valence-corrected chi connectivity index (χ0v) is 18.7. The molecule has 0 aliphatic carbocycles. The van der Waals surface area contributed by atoms with Gasteiger partial charge >= 0.3 is 0 Å². The number of hydrogen-bond acceptors (Lipinski definition) is 3. The van der Waals surface area contributed by atoms with Crippen LogP contribution in [0.1, 0.15) is 25.0 Å². The summed E-state index contributed by atoms with van der Waals surface area (Å²) in [5.41, 5.74) is 2.27. The number of aliphatic imine (C=N–C) groups is 1. The van der Waals surface area contributed by atoms with Crippen LogP contribution in [0.2, 0.25) is 0 Å². The number of hydrogen-bond donors (Lipinski definition) is 2. The smallest absolute Gasteiger partial charge is 0.243 e. The van der Waals surface area contributed by atoms with Crippen molar-refractivity contribution in [2.24, 2.45) is 4.99 Å². The maximum Gasteiger partial charge on any atom is 0.243 e. The fourth-order valence-corrected chi connectivity index (χ4v) is 2.88. The van der Waals surface area contributed by atoms with E-state index in [0.717, 1.165) is 18.7 Å². The van der Waals surface area contributed by atoms with Crippen molar-refractivity contribution in [3.8, 4) is 5.75 Å². The predicted octanol–water partition coefficient (Wildman–Crippen LogP) is 2.84. The minimum atomic E-state index is -0.151. The minimum absolute atomic E-state index is 0.0359. The van der Waals surface area contributed by atoms with Crippen molar-refractivity contribution in [1.29, 1.82) is 0 Å². The third kappa shape index (κ3) is 7.43. The number of rotatable bonds is 9. The molecule has 0 unspecified atom stereocenters. The molecule has 2 rings (SSSR count). The highest BCUT2D eigenvalue weighted by Gasteiger charge is 2.21. The standard InChI is InChI=1S/C24H34N4O2/c1-24(2,20-12-9-13-21(16-20)30-5)18-27-23(26-17-22(29)28(3)4)25-15-14-19-10-7-6-8-11-19/h6-13,16H,14-15,17-18H2,1-5H3,(H2,25,26,27). The Labute approximate surface area is 180 Å². The van der Waals surface area contributed by atoms with Gasteiger partial charge in [0.1, 0.15) is 12.3 Å². The number of methoxy groups -OCH3 is 1. The molecule has 6 nitrogen and oxygen atoms in total. The quantitative estimate of drug-likeness (QED) is 0.493. The van der Waals surface area contributed by atoms with Crippen LogP contribution in [-0.4, -0.2) is 57.6 Å². The number of nitrogens with one attached hydrogen (secondary N) is 2. The Bertz CT molecular complexity index is 832. The summed E-state index contributed by atoms with van der Waals surface area (Å²) in [5.74, 6) is 1.44. The molecule has 0 aliphatic heterocycles. The Balaban J connectivity index is 2.03. The first-order valence-corrected chi connectivity index (χ1v) is 10.2. The van der Waals surface area contributed by atoms with E-state index in [1.165, 1.54) is 11.1 Å². The lowest BCUT2D eigenvalue weighted by Crippen LogP contribution is -2.44. The van der Waals surface area contributed by atoms with Crippen molar-refractivity contribution in [3.05, 3.63) is 65.7 Å². The molecular weight excluding hydrogens is 376 g/mol. The third-order valence-corrected chi connectivity index (χ3v) is 4.97. The lowest BCUT2D eigenvalue weighted by molar-refractivity contribution is -0.127. The van der Waals surface area contributed by atoms with E-state index in [0.29, 0.717) is 12.5 Å². The Hall–Kier alpha value is -3.02. The van der Waals surface area contributed by atoms with Gasteiger partial charge < -0.3 is 20.3 Å². The van der Waals surface area contributed by atoms with Gasteiger partial charge in [0.15, 0.2) is 5.96 Å². The lowest BCUT2D eigenvalue weighted by Gasteiger charge is -2.27. The Kier molecular flexibility index (Phi) is 8.71. The van der Waals surface area contributed by atoms with Gasteiger partial charge in [0, 0.05) is 32.6 Å². The minimum Gasteiger partial charge on any atom is -0.497 e. The normalized spacial score (nSPS) is 11.7. The first-order chi connectivity index (χ1) is 14.3. The van der Waals surface area contributed by atoms with Crippen molar-refractivity contribution in [2.75, 3.05) is 40.8 Å². The molecule has 6 heteroatoms. The summed E-state index contributed by atoms with van der Waals surface area (Å²) >= 11 is 0. The summed E-state index contributed by atoms with van der Waals surface area (Å²) in [6.07, 6.45) is 0.877. The fourth-order valence-electron chi connectivity index (χ4n) is 2.88. The van der Waals surface area contributed by atoms with Crippen LogP contribution in [-0.2, 0) is 16.6 Å². The zero-order chi connectivity index (χ0) is 22.0. The highest BCUT2D eigenvalue weighted by molar-refractivity contribution is 5.84. The largest absolute Gasteiger partial charge is 0.497 e. The number of carbonyl (C=O) groups excluding carboxylic acids is 1. The van der Waals surface area contributed by atoms with Crippen LogP contribution in [0.15, 0.2) is 59.6 Å². The van der Waals surface area contributed by atoms with Crippen molar-refractivity contribution < 1.29 is 9.53 Å². The molecule has 2 aromatic rings. The molecular formula is C24H34N4O2. The number of ether oxygens (including phenoxy) is 1. The van der Waals surface area contributed by atoms with Gasteiger partial charge in [-0.2, -0.15) is 0 Å². The molecule has 0 saturated carbocycles. The van der Waals surface area contributed by atoms with E-state index in [1.807, 2.05) is 30.3 Å². The Morgan fingerprint density at radius 1 is 1.07 bits per heavy atom. The van der Waals surface area contributed by atoms with Gasteiger partial charge in [-0.3, -0.25) is 4.79 Å². The molecule has 0 bridgehead atoms. The van der Waals surface area contributed by atoms with Gasteiger partial charge in [-0.25, -0.2) is 4.99 Å². The average molecular weight is 411 g/mol. The lowest BCUT2D eigenvalue weighted by atomic mass is 9.84. The summed E-state index contributed by atoms with van der Waals surface area (Å²) < 4.78 is 5.36.